The van der Waals surface area contributed by atoms with Gasteiger partial charge < -0.3 is 15.2 Å². The molecule has 5 aromatic carbocycles. The van der Waals surface area contributed by atoms with Crippen LogP contribution in [-0.2, 0) is 14.3 Å². The molecule has 2 N–H and O–H groups in total. The largest absolute Gasteiger partial charge is 0.480 e. The summed E-state index contributed by atoms with van der Waals surface area (Å²) < 4.78 is 4.98. The lowest BCUT2D eigenvalue weighted by Crippen LogP contribution is -2.44. The standard InChI is InChI=1S/C37H31NO4S/c39-35(40)34(38-36(41)42-24-33-31-22-12-10-20-29(31)30-21-11-13-23-32(30)33)25-43-37(26-14-4-1-5-15-26,27-16-6-2-7-17-27)28-18-8-3-9-19-28/h1-23,33-34H,24-25H2,(H,38,41)(H,39,40)/t34-/m0/s1/i43+2. The van der Waals surface area contributed by atoms with Gasteiger partial charge in [0.05, 0.1) is 4.75 Å². The maximum Gasteiger partial charge on any atom is 0.407 e. The topological polar surface area (TPSA) is 75.6 Å². The van der Waals surface area contributed by atoms with Crippen LogP contribution >= 0.6 is 11.8 Å². The number of thioether (sulfide) groups is 1. The van der Waals surface area contributed by atoms with Crippen molar-refractivity contribution >= 4 is 23.8 Å². The Hall–Kier alpha value is -4.81. The van der Waals surface area contributed by atoms with E-state index >= 15 is 0 Å². The fraction of sp³-hybridized carbons (Fsp3) is 0.135. The number of carboxylic acids is 1. The first-order valence-electron chi connectivity index (χ1n) is 14.2. The molecule has 0 fully saturated rings. The second-order valence-corrected chi connectivity index (χ2v) is 11.7. The van der Waals surface area contributed by atoms with Gasteiger partial charge in [-0.05, 0) is 38.9 Å². The average Bonchev–Trinajstić information content (AvgIpc) is 3.38. The van der Waals surface area contributed by atoms with Crippen LogP contribution in [0.1, 0.15) is 33.7 Å². The number of ether oxygens (including phenoxy) is 1. The highest BCUT2D eigenvalue weighted by Gasteiger charge is 2.39. The summed E-state index contributed by atoms with van der Waals surface area (Å²) in [5.41, 5.74) is 7.51. The minimum Gasteiger partial charge on any atom is -0.480 e. The molecule has 5 aromatic rings. The van der Waals surface area contributed by atoms with Crippen molar-refractivity contribution in [2.75, 3.05) is 12.4 Å². The second kappa shape index (κ2) is 12.6. The number of hydrogen-bond acceptors (Lipinski definition) is 4. The van der Waals surface area contributed by atoms with Crippen molar-refractivity contribution in [2.24, 2.45) is 0 Å². The summed E-state index contributed by atoms with van der Waals surface area (Å²) in [6.07, 6.45) is -0.750. The van der Waals surface area contributed by atoms with Crippen molar-refractivity contribution in [3.63, 3.8) is 0 Å². The first-order valence-corrected chi connectivity index (χ1v) is 15.2. The number of carbonyl (C=O) groups excluding carboxylic acids is 1. The first kappa shape index (κ1) is 28.3. The van der Waals surface area contributed by atoms with Crippen molar-refractivity contribution < 1.29 is 19.4 Å². The van der Waals surface area contributed by atoms with Gasteiger partial charge in [-0.1, -0.05) is 140 Å². The monoisotopic (exact) mass is 587 g/mol. The predicted molar refractivity (Wildman–Crippen MR) is 171 cm³/mol. The van der Waals surface area contributed by atoms with E-state index in [1.165, 1.54) is 11.8 Å². The van der Waals surface area contributed by atoms with Crippen LogP contribution in [0.25, 0.3) is 11.1 Å². The minimum absolute atomic E-state index is 0.109. The Balaban J connectivity index is 1.23. The van der Waals surface area contributed by atoms with Crippen LogP contribution in [0, 0.1) is 0 Å². The fourth-order valence-electron chi connectivity index (χ4n) is 5.93. The van der Waals surface area contributed by atoms with Gasteiger partial charge in [0.2, 0.25) is 0 Å². The second-order valence-electron chi connectivity index (χ2n) is 10.5. The molecule has 0 saturated heterocycles. The number of aliphatic carboxylic acids is 1. The molecule has 0 aliphatic heterocycles. The number of amides is 1. The van der Waals surface area contributed by atoms with Gasteiger partial charge in [-0.3, -0.25) is 0 Å². The zero-order valence-electron chi connectivity index (χ0n) is 23.4. The lowest BCUT2D eigenvalue weighted by Gasteiger charge is -2.36. The molecule has 43 heavy (non-hydrogen) atoms. The summed E-state index contributed by atoms with van der Waals surface area (Å²) in [5, 5.41) is 12.8. The molecule has 6 heteroatoms. The Bertz CT molecular complexity index is 1570. The third kappa shape index (κ3) is 5.66. The smallest absolute Gasteiger partial charge is 0.407 e. The molecular weight excluding hydrogens is 556 g/mol. The number of carbonyl (C=O) groups is 2. The van der Waals surface area contributed by atoms with Gasteiger partial charge in [-0.15, -0.1) is 11.8 Å². The molecule has 5 nitrogen and oxygen atoms in total. The Morgan fingerprint density at radius 3 is 1.53 bits per heavy atom. The SMILES string of the molecule is O=C(N[C@@H](C[34S]C(c1ccccc1)(c1ccccc1)c1ccccc1)C(=O)O)OCC1c2ccccc2-c2ccccc21. The first-order chi connectivity index (χ1) is 21.1. The summed E-state index contributed by atoms with van der Waals surface area (Å²) >= 11 is 1.48. The van der Waals surface area contributed by atoms with Gasteiger partial charge in [0.15, 0.2) is 0 Å². The quantitative estimate of drug-likeness (QED) is 0.129. The van der Waals surface area contributed by atoms with Crippen LogP contribution in [0.5, 0.6) is 0 Å². The highest BCUT2D eigenvalue weighted by atomic mass is 34.1. The van der Waals surface area contributed by atoms with E-state index in [9.17, 15) is 14.7 Å². The number of fused-ring (bicyclic) bond motifs is 3. The van der Waals surface area contributed by atoms with Gasteiger partial charge in [0, 0.05) is 11.7 Å². The van der Waals surface area contributed by atoms with Crippen molar-refractivity contribution in [2.45, 2.75) is 16.7 Å². The van der Waals surface area contributed by atoms with Crippen LogP contribution in [0.3, 0.4) is 0 Å². The summed E-state index contributed by atoms with van der Waals surface area (Å²) in [5.74, 6) is -1.13. The molecule has 0 radical (unpaired) electrons. The van der Waals surface area contributed by atoms with E-state index in [1.807, 2.05) is 91.0 Å². The third-order valence-electron chi connectivity index (χ3n) is 7.94. The number of benzene rings is 5. The Labute approximate surface area is 255 Å². The Kier molecular flexibility index (Phi) is 8.29. The van der Waals surface area contributed by atoms with Gasteiger partial charge in [-0.2, -0.15) is 0 Å². The number of nitrogens with one attached hydrogen (secondary N) is 1. The van der Waals surface area contributed by atoms with Crippen molar-refractivity contribution in [1.82, 2.24) is 5.32 Å². The molecule has 0 aromatic heterocycles. The summed E-state index contributed by atoms with van der Waals surface area (Å²) in [4.78, 5) is 25.5. The van der Waals surface area contributed by atoms with E-state index in [4.69, 9.17) is 4.74 Å². The average molecular weight is 588 g/mol. The minimum atomic E-state index is -1.17. The number of hydrogen-bond donors (Lipinski definition) is 2. The van der Waals surface area contributed by atoms with Crippen LogP contribution < -0.4 is 5.32 Å². The van der Waals surface area contributed by atoms with Crippen LogP contribution in [0.4, 0.5) is 4.79 Å². The highest BCUT2D eigenvalue weighted by molar-refractivity contribution is 8.00. The molecule has 214 valence electrons. The maximum atomic E-state index is 13.1. The van der Waals surface area contributed by atoms with Crippen molar-refractivity contribution in [3.8, 4) is 11.1 Å². The molecule has 0 saturated carbocycles. The van der Waals surface area contributed by atoms with Gasteiger partial charge >= 0.3 is 12.1 Å². The lowest BCUT2D eigenvalue weighted by molar-refractivity contribution is -0.138. The van der Waals surface area contributed by atoms with Crippen LogP contribution in [0.15, 0.2) is 140 Å². The Morgan fingerprint density at radius 1 is 0.674 bits per heavy atom. The number of rotatable bonds is 10. The van der Waals surface area contributed by atoms with E-state index in [0.29, 0.717) is 0 Å². The normalized spacial score (nSPS) is 13.0. The molecule has 0 bridgehead atoms. The summed E-state index contributed by atoms with van der Waals surface area (Å²) in [7, 11) is 0. The van der Waals surface area contributed by atoms with Crippen molar-refractivity contribution in [3.05, 3.63) is 167 Å². The molecular formula is C37H31NO4S. The van der Waals surface area contributed by atoms with E-state index in [-0.39, 0.29) is 18.3 Å². The van der Waals surface area contributed by atoms with E-state index < -0.39 is 22.9 Å². The van der Waals surface area contributed by atoms with Crippen molar-refractivity contribution in [1.29, 1.82) is 0 Å². The molecule has 0 heterocycles. The molecule has 1 amide bonds. The van der Waals surface area contributed by atoms with Crippen LogP contribution in [-0.4, -0.2) is 35.6 Å². The Morgan fingerprint density at radius 2 is 1.09 bits per heavy atom. The van der Waals surface area contributed by atoms with E-state index in [2.05, 4.69) is 53.8 Å². The molecule has 1 atom stereocenters. The van der Waals surface area contributed by atoms with Crippen LogP contribution in [0.2, 0.25) is 0 Å². The molecule has 6 rings (SSSR count). The maximum absolute atomic E-state index is 13.1. The number of carboxylic acid groups (broad SMARTS) is 1. The molecule has 0 unspecified atom stereocenters. The molecule has 1 aliphatic rings. The summed E-state index contributed by atoms with van der Waals surface area (Å²) in [6, 6.07) is 45.2. The highest BCUT2D eigenvalue weighted by Crippen LogP contribution is 2.49. The fourth-order valence-corrected chi connectivity index (χ4v) is 7.48. The van der Waals surface area contributed by atoms with E-state index in [1.54, 1.807) is 0 Å². The zero-order chi connectivity index (χ0) is 29.6. The van der Waals surface area contributed by atoms with E-state index in [0.717, 1.165) is 38.9 Å². The third-order valence-corrected chi connectivity index (χ3v) is 9.58. The van der Waals surface area contributed by atoms with Gasteiger partial charge in [-0.25, -0.2) is 9.59 Å². The predicted octanol–water partition coefficient (Wildman–Crippen LogP) is 7.70. The molecule has 0 spiro atoms. The molecule has 1 aliphatic carbocycles. The summed E-state index contributed by atoms with van der Waals surface area (Å²) in [6.45, 7) is 0.112. The number of alkyl carbamates (subject to hydrolysis) is 1. The van der Waals surface area contributed by atoms with Gasteiger partial charge in [0.1, 0.15) is 12.6 Å². The lowest BCUT2D eigenvalue weighted by atomic mass is 9.84. The van der Waals surface area contributed by atoms with Gasteiger partial charge in [0.25, 0.3) is 0 Å². The zero-order valence-corrected chi connectivity index (χ0v) is 24.2.